The standard InChI is InChI=1S/C25H22ClF3N6/c1-14(2)11-35-24-20(33-25(35,30)23-16(26)4-3-5-17(23)28)8-7-19(32-24)21-12-34(13-31-21)22-9-6-15(27)10-18(22)29/h3-10,12-14,33H,11,30H2,1-2H3. The number of aromatic nitrogens is 3. The van der Waals surface area contributed by atoms with E-state index in [0.29, 0.717) is 29.4 Å². The molecule has 0 saturated heterocycles. The second-order valence-electron chi connectivity index (χ2n) is 8.82. The zero-order valence-corrected chi connectivity index (χ0v) is 19.7. The molecule has 5 rings (SSSR count). The predicted octanol–water partition coefficient (Wildman–Crippen LogP) is 5.66. The van der Waals surface area contributed by atoms with Crippen LogP contribution in [0.1, 0.15) is 19.4 Å². The summed E-state index contributed by atoms with van der Waals surface area (Å²) in [6, 6.07) is 11.3. The number of hydrogen-bond acceptors (Lipinski definition) is 5. The van der Waals surface area contributed by atoms with Gasteiger partial charge in [0.05, 0.1) is 27.7 Å². The first-order valence-corrected chi connectivity index (χ1v) is 11.3. The van der Waals surface area contributed by atoms with Crippen molar-refractivity contribution in [2.75, 3.05) is 16.8 Å². The average Bonchev–Trinajstić information content (AvgIpc) is 3.37. The van der Waals surface area contributed by atoms with Crippen LogP contribution in [0, 0.1) is 23.4 Å². The third-order valence-electron chi connectivity index (χ3n) is 5.81. The first kappa shape index (κ1) is 23.2. The molecule has 0 radical (unpaired) electrons. The fourth-order valence-electron chi connectivity index (χ4n) is 4.27. The van der Waals surface area contributed by atoms with Crippen LogP contribution in [0.4, 0.5) is 24.7 Å². The van der Waals surface area contributed by atoms with Crippen molar-refractivity contribution in [1.29, 1.82) is 0 Å². The molecule has 3 heterocycles. The molecule has 1 unspecified atom stereocenters. The number of halogens is 4. The third kappa shape index (κ3) is 4.00. The number of imidazole rings is 1. The molecule has 2 aromatic heterocycles. The fourth-order valence-corrected chi connectivity index (χ4v) is 4.57. The maximum Gasteiger partial charge on any atom is 0.197 e. The average molecular weight is 499 g/mol. The zero-order valence-electron chi connectivity index (χ0n) is 18.9. The predicted molar refractivity (Wildman–Crippen MR) is 130 cm³/mol. The maximum atomic E-state index is 14.9. The van der Waals surface area contributed by atoms with Crippen LogP contribution in [-0.2, 0) is 5.79 Å². The van der Waals surface area contributed by atoms with E-state index in [4.69, 9.17) is 22.3 Å². The lowest BCUT2D eigenvalue weighted by Crippen LogP contribution is -2.57. The molecular weight excluding hydrogens is 477 g/mol. The van der Waals surface area contributed by atoms with Crippen LogP contribution in [0.5, 0.6) is 0 Å². The number of nitrogens with two attached hydrogens (primary N) is 1. The van der Waals surface area contributed by atoms with Crippen LogP contribution in [0.2, 0.25) is 5.02 Å². The van der Waals surface area contributed by atoms with Gasteiger partial charge in [-0.2, -0.15) is 0 Å². The molecule has 10 heteroatoms. The molecule has 6 nitrogen and oxygen atoms in total. The van der Waals surface area contributed by atoms with E-state index < -0.39 is 23.2 Å². The molecule has 0 bridgehead atoms. The molecule has 0 aliphatic carbocycles. The lowest BCUT2D eigenvalue weighted by Gasteiger charge is -2.38. The van der Waals surface area contributed by atoms with E-state index in [1.165, 1.54) is 35.2 Å². The number of anilines is 2. The van der Waals surface area contributed by atoms with Crippen LogP contribution in [0.15, 0.2) is 61.1 Å². The number of nitrogens with one attached hydrogen (secondary N) is 1. The quantitative estimate of drug-likeness (QED) is 0.371. The molecule has 0 fully saturated rings. The van der Waals surface area contributed by atoms with Gasteiger partial charge in [0.1, 0.15) is 29.5 Å². The normalized spacial score (nSPS) is 17.1. The zero-order chi connectivity index (χ0) is 24.9. The van der Waals surface area contributed by atoms with Crippen LogP contribution in [-0.4, -0.2) is 21.1 Å². The van der Waals surface area contributed by atoms with Gasteiger partial charge >= 0.3 is 0 Å². The molecule has 1 aliphatic rings. The monoisotopic (exact) mass is 498 g/mol. The van der Waals surface area contributed by atoms with Crippen LogP contribution < -0.4 is 16.0 Å². The number of rotatable bonds is 5. The Bertz CT molecular complexity index is 1400. The second kappa shape index (κ2) is 8.58. The minimum absolute atomic E-state index is 0.123. The van der Waals surface area contributed by atoms with E-state index in [1.54, 1.807) is 29.3 Å². The maximum absolute atomic E-state index is 14.9. The van der Waals surface area contributed by atoms with Gasteiger partial charge < -0.3 is 14.8 Å². The highest BCUT2D eigenvalue weighted by Gasteiger charge is 2.46. The van der Waals surface area contributed by atoms with E-state index >= 15 is 0 Å². The van der Waals surface area contributed by atoms with Crippen molar-refractivity contribution >= 4 is 23.1 Å². The summed E-state index contributed by atoms with van der Waals surface area (Å²) in [6.45, 7) is 4.50. The van der Waals surface area contributed by atoms with E-state index in [-0.39, 0.29) is 22.2 Å². The Morgan fingerprint density at radius 2 is 1.86 bits per heavy atom. The molecule has 3 N–H and O–H groups in total. The summed E-state index contributed by atoms with van der Waals surface area (Å²) < 4.78 is 43.9. The smallest absolute Gasteiger partial charge is 0.197 e. The highest BCUT2D eigenvalue weighted by Crippen LogP contribution is 2.44. The molecule has 0 spiro atoms. The van der Waals surface area contributed by atoms with Crippen molar-refractivity contribution in [2.24, 2.45) is 11.7 Å². The SMILES string of the molecule is CC(C)CN1c2nc(-c3cn(-c4ccc(F)cc4F)cn3)ccc2NC1(N)c1c(F)cccc1Cl. The van der Waals surface area contributed by atoms with Crippen molar-refractivity contribution in [2.45, 2.75) is 19.6 Å². The number of hydrogen-bond donors (Lipinski definition) is 2. The summed E-state index contributed by atoms with van der Waals surface area (Å²) in [5, 5.41) is 3.39. The Morgan fingerprint density at radius 3 is 2.57 bits per heavy atom. The molecule has 0 saturated carbocycles. The summed E-state index contributed by atoms with van der Waals surface area (Å²) >= 11 is 6.38. The minimum Gasteiger partial charge on any atom is -0.343 e. The summed E-state index contributed by atoms with van der Waals surface area (Å²) in [5.74, 6) is -2.68. The molecule has 1 atom stereocenters. The molecule has 4 aromatic rings. The van der Waals surface area contributed by atoms with E-state index in [9.17, 15) is 13.2 Å². The first-order valence-electron chi connectivity index (χ1n) is 11.0. The van der Waals surface area contributed by atoms with Crippen LogP contribution in [0.25, 0.3) is 17.1 Å². The van der Waals surface area contributed by atoms with Gasteiger partial charge in [-0.05, 0) is 42.3 Å². The van der Waals surface area contributed by atoms with Gasteiger partial charge in [-0.15, -0.1) is 0 Å². The highest BCUT2D eigenvalue weighted by molar-refractivity contribution is 6.31. The van der Waals surface area contributed by atoms with Gasteiger partial charge in [0, 0.05) is 18.8 Å². The van der Waals surface area contributed by atoms with E-state index in [1.807, 2.05) is 13.8 Å². The van der Waals surface area contributed by atoms with Crippen LogP contribution >= 0.6 is 11.6 Å². The van der Waals surface area contributed by atoms with Gasteiger partial charge in [0.25, 0.3) is 0 Å². The summed E-state index contributed by atoms with van der Waals surface area (Å²) in [5.41, 5.74) is 8.65. The number of pyridine rings is 1. The Hall–Kier alpha value is -3.56. The lowest BCUT2D eigenvalue weighted by molar-refractivity contribution is 0.431. The molecule has 1 aliphatic heterocycles. The van der Waals surface area contributed by atoms with Crippen molar-refractivity contribution in [1.82, 2.24) is 14.5 Å². The molecular formula is C25H22ClF3N6. The number of benzene rings is 2. The largest absolute Gasteiger partial charge is 0.343 e. The Morgan fingerprint density at radius 1 is 1.06 bits per heavy atom. The fraction of sp³-hybridized carbons (Fsp3) is 0.200. The van der Waals surface area contributed by atoms with Gasteiger partial charge in [0.2, 0.25) is 0 Å². The summed E-state index contributed by atoms with van der Waals surface area (Å²) in [6.07, 6.45) is 3.03. The second-order valence-corrected chi connectivity index (χ2v) is 9.23. The Labute approximate surface area is 205 Å². The van der Waals surface area contributed by atoms with Crippen molar-refractivity contribution in [3.05, 3.63) is 89.1 Å². The summed E-state index contributed by atoms with van der Waals surface area (Å²) in [7, 11) is 0. The molecule has 2 aromatic carbocycles. The van der Waals surface area contributed by atoms with Gasteiger partial charge in [0.15, 0.2) is 11.6 Å². The summed E-state index contributed by atoms with van der Waals surface area (Å²) in [4.78, 5) is 10.9. The van der Waals surface area contributed by atoms with Crippen LogP contribution in [0.3, 0.4) is 0 Å². The van der Waals surface area contributed by atoms with Crippen molar-refractivity contribution in [3.8, 4) is 17.1 Å². The molecule has 0 amide bonds. The van der Waals surface area contributed by atoms with Crippen molar-refractivity contribution < 1.29 is 13.2 Å². The van der Waals surface area contributed by atoms with Gasteiger partial charge in [-0.25, -0.2) is 23.1 Å². The Kier molecular flexibility index (Phi) is 5.69. The molecule has 35 heavy (non-hydrogen) atoms. The minimum atomic E-state index is -1.46. The third-order valence-corrected chi connectivity index (χ3v) is 6.12. The molecule has 180 valence electrons. The lowest BCUT2D eigenvalue weighted by atomic mass is 10.1. The first-order chi connectivity index (χ1) is 16.7. The van der Waals surface area contributed by atoms with E-state index in [2.05, 4.69) is 10.3 Å². The number of nitrogens with zero attached hydrogens (tertiary/aromatic N) is 4. The highest BCUT2D eigenvalue weighted by atomic mass is 35.5. The van der Waals surface area contributed by atoms with Crippen molar-refractivity contribution in [3.63, 3.8) is 0 Å². The van der Waals surface area contributed by atoms with Gasteiger partial charge in [-0.1, -0.05) is 31.5 Å². The topological polar surface area (TPSA) is 72.0 Å². The Balaban J connectivity index is 1.56. The van der Waals surface area contributed by atoms with E-state index in [0.717, 1.165) is 6.07 Å². The number of fused-ring (bicyclic) bond motifs is 1. The van der Waals surface area contributed by atoms with Gasteiger partial charge in [-0.3, -0.25) is 5.73 Å².